The molecule has 0 bridgehead atoms. The smallest absolute Gasteiger partial charge is 0.426 e. The molecule has 8 nitrogen and oxygen atoms in total. The molecule has 1 aromatic carbocycles. The zero-order chi connectivity index (χ0) is 18.8. The van der Waals surface area contributed by atoms with Gasteiger partial charge in [-0.1, -0.05) is 0 Å². The van der Waals surface area contributed by atoms with Crippen LogP contribution >= 0.6 is 15.9 Å². The molecule has 0 aliphatic heterocycles. The minimum Gasteiger partial charge on any atom is -0.464 e. The summed E-state index contributed by atoms with van der Waals surface area (Å²) >= 11 is 3.36. The Bertz CT molecular complexity index is 1040. The van der Waals surface area contributed by atoms with Crippen LogP contribution in [0.1, 0.15) is 15.9 Å². The van der Waals surface area contributed by atoms with Crippen LogP contribution in [0.2, 0.25) is 0 Å². The number of aromatic nitrogens is 2. The molecular weight excluding hydrogens is 402 g/mol. The molecule has 3 rings (SSSR count). The largest absolute Gasteiger partial charge is 0.464 e. The number of halogens is 1. The van der Waals surface area contributed by atoms with Crippen molar-refractivity contribution in [3.8, 4) is 6.07 Å². The summed E-state index contributed by atoms with van der Waals surface area (Å²) in [4.78, 5) is 24.5. The fourth-order valence-corrected chi connectivity index (χ4v) is 2.78. The monoisotopic (exact) mass is 413 g/mol. The van der Waals surface area contributed by atoms with Gasteiger partial charge in [0.05, 0.1) is 33.5 Å². The van der Waals surface area contributed by atoms with Gasteiger partial charge in [-0.3, -0.25) is 4.79 Å². The normalized spacial score (nSPS) is 10.3. The fourth-order valence-electron chi connectivity index (χ4n) is 2.40. The first-order valence-electron chi connectivity index (χ1n) is 7.36. The second kappa shape index (κ2) is 6.85. The Labute approximate surface area is 156 Å². The second-order valence-electron chi connectivity index (χ2n) is 5.32. The minimum absolute atomic E-state index is 0.288. The highest BCUT2D eigenvalue weighted by atomic mass is 79.9. The maximum Gasteiger partial charge on any atom is 0.426 e. The van der Waals surface area contributed by atoms with Gasteiger partial charge in [-0.25, -0.2) is 19.3 Å². The number of hydrogen-bond acceptors (Lipinski definition) is 4. The zero-order valence-electron chi connectivity index (χ0n) is 13.5. The molecule has 0 atom stereocenters. The standard InChI is InChI=1S/C17H12BrN5O3/c1-21(17(25)26)23(13-4-2-11(9-19)3-5-13)16(24)12-6-7-22-15(8-12)14(18)10-20-22/h2-8,10H,1H3,(H,25,26). The van der Waals surface area contributed by atoms with Gasteiger partial charge in [0.25, 0.3) is 5.91 Å². The highest BCUT2D eigenvalue weighted by Crippen LogP contribution is 2.23. The number of nitriles is 1. The topological polar surface area (TPSA) is 102 Å². The molecule has 9 heteroatoms. The number of fused-ring (bicyclic) bond motifs is 1. The van der Waals surface area contributed by atoms with Crippen LogP contribution in [-0.2, 0) is 0 Å². The Morgan fingerprint density at radius 3 is 2.58 bits per heavy atom. The van der Waals surface area contributed by atoms with Crippen LogP contribution in [0.3, 0.4) is 0 Å². The number of carboxylic acid groups (broad SMARTS) is 1. The van der Waals surface area contributed by atoms with Crippen LogP contribution in [0.25, 0.3) is 5.52 Å². The minimum atomic E-state index is -1.30. The Hall–Kier alpha value is -3.38. The van der Waals surface area contributed by atoms with Gasteiger partial charge in [0.2, 0.25) is 0 Å². The van der Waals surface area contributed by atoms with E-state index >= 15 is 0 Å². The van der Waals surface area contributed by atoms with Crippen molar-refractivity contribution in [3.63, 3.8) is 0 Å². The first-order chi connectivity index (χ1) is 12.4. The number of anilines is 1. The summed E-state index contributed by atoms with van der Waals surface area (Å²) < 4.78 is 2.30. The molecule has 130 valence electrons. The molecule has 0 aliphatic carbocycles. The van der Waals surface area contributed by atoms with Crippen LogP contribution in [0.5, 0.6) is 0 Å². The molecule has 2 aromatic heterocycles. The van der Waals surface area contributed by atoms with Crippen molar-refractivity contribution in [1.82, 2.24) is 14.6 Å². The Kier molecular flexibility index (Phi) is 4.60. The van der Waals surface area contributed by atoms with E-state index in [1.165, 1.54) is 31.3 Å². The number of hydrogen-bond donors (Lipinski definition) is 1. The van der Waals surface area contributed by atoms with Gasteiger partial charge in [-0.05, 0) is 52.3 Å². The molecule has 0 spiro atoms. The van der Waals surface area contributed by atoms with Gasteiger partial charge in [0.1, 0.15) is 0 Å². The molecule has 0 aliphatic rings. The van der Waals surface area contributed by atoms with E-state index in [1.54, 1.807) is 29.0 Å². The molecule has 0 saturated heterocycles. The molecule has 0 saturated carbocycles. The van der Waals surface area contributed by atoms with Gasteiger partial charge < -0.3 is 5.11 Å². The van der Waals surface area contributed by atoms with E-state index < -0.39 is 12.0 Å². The number of nitrogens with zero attached hydrogens (tertiary/aromatic N) is 5. The lowest BCUT2D eigenvalue weighted by molar-refractivity contribution is 0.0894. The lowest BCUT2D eigenvalue weighted by Crippen LogP contribution is -2.47. The lowest BCUT2D eigenvalue weighted by atomic mass is 10.2. The number of carbonyl (C=O) groups excluding carboxylic acids is 1. The van der Waals surface area contributed by atoms with Crippen molar-refractivity contribution in [2.24, 2.45) is 0 Å². The fraction of sp³-hybridized carbons (Fsp3) is 0.0588. The van der Waals surface area contributed by atoms with Gasteiger partial charge in [-0.2, -0.15) is 10.4 Å². The van der Waals surface area contributed by atoms with Crippen LogP contribution in [0, 0.1) is 11.3 Å². The van der Waals surface area contributed by atoms with Crippen LogP contribution in [0.4, 0.5) is 10.5 Å². The van der Waals surface area contributed by atoms with Gasteiger partial charge in [-0.15, -0.1) is 0 Å². The third kappa shape index (κ3) is 3.10. The lowest BCUT2D eigenvalue weighted by Gasteiger charge is -2.29. The molecule has 1 N–H and O–H groups in total. The summed E-state index contributed by atoms with van der Waals surface area (Å²) in [6.07, 6.45) is 1.92. The number of amides is 2. The summed E-state index contributed by atoms with van der Waals surface area (Å²) in [5.41, 5.74) is 1.69. The van der Waals surface area contributed by atoms with Crippen molar-refractivity contribution in [2.75, 3.05) is 12.1 Å². The van der Waals surface area contributed by atoms with Crippen LogP contribution in [-0.4, -0.2) is 38.8 Å². The van der Waals surface area contributed by atoms with Crippen molar-refractivity contribution in [1.29, 1.82) is 5.26 Å². The van der Waals surface area contributed by atoms with E-state index in [0.717, 1.165) is 10.0 Å². The predicted octanol–water partition coefficient (Wildman–Crippen LogP) is 3.14. The van der Waals surface area contributed by atoms with E-state index in [1.807, 2.05) is 6.07 Å². The predicted molar refractivity (Wildman–Crippen MR) is 96.6 cm³/mol. The summed E-state index contributed by atoms with van der Waals surface area (Å²) in [6.45, 7) is 0. The first kappa shape index (κ1) is 17.4. The summed E-state index contributed by atoms with van der Waals surface area (Å²) in [5.74, 6) is -0.532. The zero-order valence-corrected chi connectivity index (χ0v) is 15.1. The van der Waals surface area contributed by atoms with E-state index in [-0.39, 0.29) is 5.56 Å². The Morgan fingerprint density at radius 1 is 1.27 bits per heavy atom. The second-order valence-corrected chi connectivity index (χ2v) is 6.17. The number of benzene rings is 1. The van der Waals surface area contributed by atoms with Crippen LogP contribution < -0.4 is 5.01 Å². The van der Waals surface area contributed by atoms with Crippen molar-refractivity contribution in [2.45, 2.75) is 0 Å². The quantitative estimate of drug-likeness (QED) is 0.650. The summed E-state index contributed by atoms with van der Waals surface area (Å²) in [7, 11) is 1.27. The first-order valence-corrected chi connectivity index (χ1v) is 8.15. The SMILES string of the molecule is CN(C(=O)O)N(C(=O)c1ccn2ncc(Br)c2c1)c1ccc(C#N)cc1. The molecule has 3 aromatic rings. The molecule has 26 heavy (non-hydrogen) atoms. The number of rotatable bonds is 2. The average molecular weight is 414 g/mol. The van der Waals surface area contributed by atoms with Gasteiger partial charge in [0.15, 0.2) is 0 Å². The van der Waals surface area contributed by atoms with Crippen molar-refractivity contribution < 1.29 is 14.7 Å². The average Bonchev–Trinajstić information content (AvgIpc) is 3.02. The Balaban J connectivity index is 2.06. The third-order valence-electron chi connectivity index (χ3n) is 3.73. The highest BCUT2D eigenvalue weighted by molar-refractivity contribution is 9.10. The van der Waals surface area contributed by atoms with Crippen molar-refractivity contribution in [3.05, 3.63) is 64.4 Å². The van der Waals surface area contributed by atoms with Crippen LogP contribution in [0.15, 0.2) is 53.3 Å². The number of carbonyl (C=O) groups is 2. The highest BCUT2D eigenvalue weighted by Gasteiger charge is 2.26. The molecule has 2 amide bonds. The third-order valence-corrected chi connectivity index (χ3v) is 4.34. The molecule has 0 unspecified atom stereocenters. The molecule has 0 fully saturated rings. The molecular formula is C17H12BrN5O3. The molecule has 0 radical (unpaired) electrons. The van der Waals surface area contributed by atoms with Gasteiger partial charge in [0, 0.05) is 18.8 Å². The number of pyridine rings is 1. The van der Waals surface area contributed by atoms with E-state index in [4.69, 9.17) is 5.26 Å². The van der Waals surface area contributed by atoms with Crippen molar-refractivity contribution >= 4 is 39.1 Å². The van der Waals surface area contributed by atoms with E-state index in [9.17, 15) is 14.7 Å². The van der Waals surface area contributed by atoms with E-state index in [2.05, 4.69) is 21.0 Å². The summed E-state index contributed by atoms with van der Waals surface area (Å²) in [6, 6.07) is 11.2. The maximum atomic E-state index is 13.0. The molecule has 2 heterocycles. The summed E-state index contributed by atoms with van der Waals surface area (Å²) in [5, 5.41) is 24.2. The Morgan fingerprint density at radius 2 is 1.96 bits per heavy atom. The van der Waals surface area contributed by atoms with E-state index in [0.29, 0.717) is 21.2 Å². The number of hydrazine groups is 1. The van der Waals surface area contributed by atoms with Gasteiger partial charge >= 0.3 is 6.09 Å². The maximum absolute atomic E-state index is 13.0.